The highest BCUT2D eigenvalue weighted by Crippen LogP contribution is 2.11. The first kappa shape index (κ1) is 25.4. The molecule has 0 aromatic heterocycles. The van der Waals surface area contributed by atoms with Gasteiger partial charge in [-0.1, -0.05) is 30.3 Å². The van der Waals surface area contributed by atoms with E-state index in [1.54, 1.807) is 45.0 Å². The predicted molar refractivity (Wildman–Crippen MR) is 123 cm³/mol. The maximum Gasteiger partial charge on any atom is 0.408 e. The van der Waals surface area contributed by atoms with Gasteiger partial charge >= 0.3 is 6.09 Å². The summed E-state index contributed by atoms with van der Waals surface area (Å²) < 4.78 is 16.0. The molecule has 0 radical (unpaired) electrons. The molecule has 0 aliphatic rings. The van der Waals surface area contributed by atoms with Gasteiger partial charge in [0.15, 0.2) is 6.61 Å². The zero-order chi connectivity index (χ0) is 24.1. The number of ether oxygens (including phenoxy) is 3. The standard InChI is InChI=1S/C24H28N4O5/c1-24(2,3)33-23(30)27-21(17-31-16-19-7-5-4-6-8-19)22(29)28-26-15-18-9-11-20(12-10-18)32-14-13-25/h4-12,15,21H,14,16-17H2,1-3H3,(H,27,30)(H,28,29)/b26-15-/t21-/m0/s1. The van der Waals surface area contributed by atoms with Crippen molar-refractivity contribution in [2.45, 2.75) is 39.0 Å². The number of nitrogens with one attached hydrogen (secondary N) is 2. The van der Waals surface area contributed by atoms with Crippen LogP contribution in [0.1, 0.15) is 31.9 Å². The maximum absolute atomic E-state index is 12.6. The Morgan fingerprint density at radius 1 is 1.12 bits per heavy atom. The largest absolute Gasteiger partial charge is 0.479 e. The number of hydrazone groups is 1. The number of hydrogen-bond acceptors (Lipinski definition) is 7. The summed E-state index contributed by atoms with van der Waals surface area (Å²) in [5.74, 6) is -0.00549. The van der Waals surface area contributed by atoms with Crippen LogP contribution in [0.15, 0.2) is 59.7 Å². The normalized spacial score (nSPS) is 11.9. The van der Waals surface area contributed by atoms with E-state index in [-0.39, 0.29) is 19.8 Å². The molecule has 0 aliphatic heterocycles. The molecule has 0 saturated heterocycles. The molecule has 9 nitrogen and oxygen atoms in total. The van der Waals surface area contributed by atoms with E-state index in [4.69, 9.17) is 19.5 Å². The highest BCUT2D eigenvalue weighted by molar-refractivity contribution is 5.87. The Morgan fingerprint density at radius 2 is 1.82 bits per heavy atom. The summed E-state index contributed by atoms with van der Waals surface area (Å²) >= 11 is 0. The van der Waals surface area contributed by atoms with Gasteiger partial charge in [-0.2, -0.15) is 10.4 Å². The molecule has 0 aliphatic carbocycles. The number of hydrogen-bond donors (Lipinski definition) is 2. The molecule has 0 spiro atoms. The van der Waals surface area contributed by atoms with Crippen molar-refractivity contribution < 1.29 is 23.8 Å². The van der Waals surface area contributed by atoms with Crippen molar-refractivity contribution in [1.82, 2.24) is 10.7 Å². The van der Waals surface area contributed by atoms with E-state index in [9.17, 15) is 9.59 Å². The number of alkyl carbamates (subject to hydrolysis) is 1. The summed E-state index contributed by atoms with van der Waals surface area (Å²) in [6.07, 6.45) is 0.712. The van der Waals surface area contributed by atoms with Gasteiger partial charge in [0.1, 0.15) is 23.5 Å². The van der Waals surface area contributed by atoms with Gasteiger partial charge in [0.2, 0.25) is 0 Å². The second-order valence-corrected chi connectivity index (χ2v) is 7.95. The molecule has 0 heterocycles. The number of benzene rings is 2. The Labute approximate surface area is 193 Å². The van der Waals surface area contributed by atoms with Crippen molar-refractivity contribution in [3.63, 3.8) is 0 Å². The second kappa shape index (κ2) is 12.8. The van der Waals surface area contributed by atoms with Crippen LogP contribution >= 0.6 is 0 Å². The fourth-order valence-corrected chi connectivity index (χ4v) is 2.52. The van der Waals surface area contributed by atoms with E-state index in [0.29, 0.717) is 11.3 Å². The van der Waals surface area contributed by atoms with E-state index in [1.165, 1.54) is 6.21 Å². The Kier molecular flexibility index (Phi) is 9.86. The van der Waals surface area contributed by atoms with E-state index in [0.717, 1.165) is 5.56 Å². The first-order chi connectivity index (χ1) is 15.8. The molecule has 174 valence electrons. The van der Waals surface area contributed by atoms with Crippen molar-refractivity contribution >= 4 is 18.2 Å². The predicted octanol–water partition coefficient (Wildman–Crippen LogP) is 3.15. The summed E-state index contributed by atoms with van der Waals surface area (Å²) in [6.45, 7) is 5.36. The van der Waals surface area contributed by atoms with Crippen LogP contribution in [0.25, 0.3) is 0 Å². The van der Waals surface area contributed by atoms with Crippen molar-refractivity contribution in [3.8, 4) is 11.8 Å². The van der Waals surface area contributed by atoms with Crippen molar-refractivity contribution in [2.24, 2.45) is 5.10 Å². The lowest BCUT2D eigenvalue weighted by molar-refractivity contribution is -0.124. The Hall–Kier alpha value is -3.90. The summed E-state index contributed by atoms with van der Waals surface area (Å²) in [5, 5.41) is 15.0. The summed E-state index contributed by atoms with van der Waals surface area (Å²) in [7, 11) is 0. The van der Waals surface area contributed by atoms with Crippen LogP contribution < -0.4 is 15.5 Å². The van der Waals surface area contributed by atoms with E-state index in [1.807, 2.05) is 36.4 Å². The van der Waals surface area contributed by atoms with Gasteiger partial charge in [-0.15, -0.1) is 0 Å². The smallest absolute Gasteiger partial charge is 0.408 e. The molecule has 1 atom stereocenters. The van der Waals surface area contributed by atoms with Crippen LogP contribution in [0, 0.1) is 11.3 Å². The molecule has 2 N–H and O–H groups in total. The molecule has 2 aromatic carbocycles. The van der Waals surface area contributed by atoms with Gasteiger partial charge in [0, 0.05) is 0 Å². The van der Waals surface area contributed by atoms with Gasteiger partial charge in [-0.25, -0.2) is 10.2 Å². The molecule has 0 saturated carbocycles. The van der Waals surface area contributed by atoms with Gasteiger partial charge in [0.05, 0.1) is 19.4 Å². The van der Waals surface area contributed by atoms with Crippen LogP contribution in [0.4, 0.5) is 4.79 Å². The third kappa shape index (κ3) is 10.3. The Balaban J connectivity index is 1.95. The number of nitrogens with zero attached hydrogens (tertiary/aromatic N) is 2. The van der Waals surface area contributed by atoms with Gasteiger partial charge in [0.25, 0.3) is 5.91 Å². The van der Waals surface area contributed by atoms with Gasteiger partial charge in [-0.3, -0.25) is 4.79 Å². The fraction of sp³-hybridized carbons (Fsp3) is 0.333. The van der Waals surface area contributed by atoms with Gasteiger partial charge < -0.3 is 19.5 Å². The second-order valence-electron chi connectivity index (χ2n) is 7.95. The third-order valence-corrected chi connectivity index (χ3v) is 3.98. The summed E-state index contributed by atoms with van der Waals surface area (Å²) in [6, 6.07) is 17.2. The fourth-order valence-electron chi connectivity index (χ4n) is 2.52. The SMILES string of the molecule is CC(C)(C)OC(=O)N[C@@H](COCc1ccccc1)C(=O)N/N=C\c1ccc(OCC#N)cc1. The number of carbonyl (C=O) groups excluding carboxylic acids is 2. The van der Waals surface area contributed by atoms with Crippen LogP contribution in [-0.2, 0) is 20.9 Å². The number of carbonyl (C=O) groups is 2. The lowest BCUT2D eigenvalue weighted by Gasteiger charge is -2.22. The Morgan fingerprint density at radius 3 is 2.45 bits per heavy atom. The van der Waals surface area contributed by atoms with Crippen LogP contribution in [0.2, 0.25) is 0 Å². The molecule has 2 rings (SSSR count). The van der Waals surface area contributed by atoms with E-state index in [2.05, 4.69) is 15.8 Å². The molecule has 0 bridgehead atoms. The zero-order valence-corrected chi connectivity index (χ0v) is 18.9. The minimum Gasteiger partial charge on any atom is -0.479 e. The van der Waals surface area contributed by atoms with Crippen LogP contribution in [-0.4, -0.2) is 43.1 Å². The van der Waals surface area contributed by atoms with Crippen molar-refractivity contribution in [2.75, 3.05) is 13.2 Å². The average Bonchev–Trinajstić information content (AvgIpc) is 2.77. The number of rotatable bonds is 10. The third-order valence-electron chi connectivity index (χ3n) is 3.98. The molecule has 2 amide bonds. The van der Waals surface area contributed by atoms with Crippen LogP contribution in [0.5, 0.6) is 5.75 Å². The van der Waals surface area contributed by atoms with Crippen molar-refractivity contribution in [3.05, 3.63) is 65.7 Å². The summed E-state index contributed by atoms with van der Waals surface area (Å²) in [4.78, 5) is 24.8. The number of amides is 2. The zero-order valence-electron chi connectivity index (χ0n) is 18.9. The van der Waals surface area contributed by atoms with Gasteiger partial charge in [-0.05, 0) is 56.2 Å². The topological polar surface area (TPSA) is 122 Å². The molecule has 0 fully saturated rings. The minimum absolute atomic E-state index is 0.0398. The average molecular weight is 453 g/mol. The molecule has 2 aromatic rings. The minimum atomic E-state index is -1.01. The molecular weight excluding hydrogens is 424 g/mol. The maximum atomic E-state index is 12.6. The monoisotopic (exact) mass is 452 g/mol. The van der Waals surface area contributed by atoms with Crippen LogP contribution in [0.3, 0.4) is 0 Å². The highest BCUT2D eigenvalue weighted by atomic mass is 16.6. The molecule has 9 heteroatoms. The molecule has 33 heavy (non-hydrogen) atoms. The first-order valence-corrected chi connectivity index (χ1v) is 10.3. The lowest BCUT2D eigenvalue weighted by atomic mass is 10.2. The molecule has 0 unspecified atom stereocenters. The molecular formula is C24H28N4O5. The van der Waals surface area contributed by atoms with E-state index < -0.39 is 23.6 Å². The number of nitriles is 1. The first-order valence-electron chi connectivity index (χ1n) is 10.3. The van der Waals surface area contributed by atoms with Crippen molar-refractivity contribution in [1.29, 1.82) is 5.26 Å². The lowest BCUT2D eigenvalue weighted by Crippen LogP contribution is -2.49. The summed E-state index contributed by atoms with van der Waals surface area (Å²) in [5.41, 5.74) is 3.34. The quantitative estimate of drug-likeness (QED) is 0.422. The highest BCUT2D eigenvalue weighted by Gasteiger charge is 2.24. The Bertz CT molecular complexity index is 963. The van der Waals surface area contributed by atoms with E-state index >= 15 is 0 Å².